The van der Waals surface area contributed by atoms with Crippen molar-refractivity contribution in [3.63, 3.8) is 0 Å². The van der Waals surface area contributed by atoms with Gasteiger partial charge < -0.3 is 10.9 Å². The molecule has 0 saturated carbocycles. The summed E-state index contributed by atoms with van der Waals surface area (Å²) in [6, 6.07) is 1.79. The summed E-state index contributed by atoms with van der Waals surface area (Å²) in [5, 5.41) is 19.4. The van der Waals surface area contributed by atoms with Crippen molar-refractivity contribution < 1.29 is 5.21 Å². The number of nitrogens with zero attached hydrogens (tertiary/aromatic N) is 4. The average Bonchev–Trinajstić information content (AvgIpc) is 2.81. The molecule has 0 aromatic carbocycles. The summed E-state index contributed by atoms with van der Waals surface area (Å²) in [7, 11) is 0. The van der Waals surface area contributed by atoms with Crippen LogP contribution in [-0.4, -0.2) is 31.2 Å². The molecule has 0 aliphatic rings. The summed E-state index contributed by atoms with van der Waals surface area (Å²) >= 11 is 1.27. The Morgan fingerprint density at radius 3 is 3.00 bits per heavy atom. The van der Waals surface area contributed by atoms with Crippen molar-refractivity contribution in [3.05, 3.63) is 29.7 Å². The van der Waals surface area contributed by atoms with Gasteiger partial charge in [0.2, 0.25) is 0 Å². The van der Waals surface area contributed by atoms with E-state index in [1.54, 1.807) is 12.3 Å². The first-order valence-corrected chi connectivity index (χ1v) is 5.50. The van der Waals surface area contributed by atoms with E-state index in [0.717, 1.165) is 5.56 Å². The van der Waals surface area contributed by atoms with E-state index < -0.39 is 0 Å². The minimum Gasteiger partial charge on any atom is -0.409 e. The molecule has 4 N–H and O–H groups in total. The number of rotatable bonds is 3. The van der Waals surface area contributed by atoms with Gasteiger partial charge in [-0.15, -0.1) is 0 Å². The van der Waals surface area contributed by atoms with Crippen LogP contribution in [0.2, 0.25) is 0 Å². The van der Waals surface area contributed by atoms with E-state index in [1.165, 1.54) is 18.1 Å². The smallest absolute Gasteiger partial charge is 0.189 e. The molecule has 0 bridgehead atoms. The maximum atomic E-state index is 8.75. The zero-order chi connectivity index (χ0) is 12.3. The second-order valence-corrected chi connectivity index (χ2v) is 4.16. The van der Waals surface area contributed by atoms with E-state index in [4.69, 9.17) is 10.9 Å². The van der Waals surface area contributed by atoms with Crippen LogP contribution >= 0.6 is 11.8 Å². The highest BCUT2D eigenvalue weighted by atomic mass is 32.2. The van der Waals surface area contributed by atoms with Crippen molar-refractivity contribution in [1.82, 2.24) is 20.2 Å². The second-order valence-electron chi connectivity index (χ2n) is 3.19. The number of amidine groups is 1. The van der Waals surface area contributed by atoms with Crippen LogP contribution in [-0.2, 0) is 0 Å². The first-order valence-electron chi connectivity index (χ1n) is 4.69. The second kappa shape index (κ2) is 4.83. The molecule has 0 aliphatic carbocycles. The van der Waals surface area contributed by atoms with Gasteiger partial charge in [-0.25, -0.2) is 9.97 Å². The standard InChI is InChI=1S/C9H10N6OS/c1-5-2-3-11-8(6(5)7(10)15-16)17-9-12-4-13-14-9/h2-4,16H,1H3,(H2,10,15)(H,12,13,14). The minimum atomic E-state index is 0.0256. The highest BCUT2D eigenvalue weighted by molar-refractivity contribution is 7.99. The van der Waals surface area contributed by atoms with Crippen LogP contribution in [0.4, 0.5) is 0 Å². The Labute approximate surface area is 101 Å². The van der Waals surface area contributed by atoms with Gasteiger partial charge in [-0.1, -0.05) is 5.16 Å². The topological polar surface area (TPSA) is 113 Å². The third kappa shape index (κ3) is 2.36. The van der Waals surface area contributed by atoms with Crippen LogP contribution in [0.25, 0.3) is 0 Å². The van der Waals surface area contributed by atoms with Crippen LogP contribution < -0.4 is 5.73 Å². The lowest BCUT2D eigenvalue weighted by atomic mass is 10.1. The molecular formula is C9H10N6OS. The summed E-state index contributed by atoms with van der Waals surface area (Å²) in [5.41, 5.74) is 7.09. The molecular weight excluding hydrogens is 240 g/mol. The van der Waals surface area contributed by atoms with Gasteiger partial charge in [0.25, 0.3) is 0 Å². The quantitative estimate of drug-likeness (QED) is 0.321. The molecule has 7 nitrogen and oxygen atoms in total. The zero-order valence-electron chi connectivity index (χ0n) is 8.95. The molecule has 2 heterocycles. The molecule has 88 valence electrons. The summed E-state index contributed by atoms with van der Waals surface area (Å²) in [4.78, 5) is 8.17. The van der Waals surface area contributed by atoms with E-state index in [9.17, 15) is 0 Å². The molecule has 0 atom stereocenters. The van der Waals surface area contributed by atoms with Crippen molar-refractivity contribution in [2.24, 2.45) is 10.9 Å². The molecule has 2 aromatic rings. The number of hydrogen-bond donors (Lipinski definition) is 3. The highest BCUT2D eigenvalue weighted by Gasteiger charge is 2.13. The lowest BCUT2D eigenvalue weighted by Crippen LogP contribution is -2.16. The van der Waals surface area contributed by atoms with Gasteiger partial charge in [-0.3, -0.25) is 5.10 Å². The number of oxime groups is 1. The van der Waals surface area contributed by atoms with Crippen molar-refractivity contribution in [2.45, 2.75) is 17.1 Å². The first kappa shape index (κ1) is 11.4. The van der Waals surface area contributed by atoms with Crippen LogP contribution in [0.5, 0.6) is 0 Å². The molecule has 0 spiro atoms. The maximum absolute atomic E-state index is 8.75. The Hall–Kier alpha value is -2.09. The normalized spacial score (nSPS) is 11.7. The van der Waals surface area contributed by atoms with Crippen molar-refractivity contribution in [2.75, 3.05) is 0 Å². The summed E-state index contributed by atoms with van der Waals surface area (Å²) in [6.45, 7) is 1.86. The molecule has 2 rings (SSSR count). The van der Waals surface area contributed by atoms with Crippen molar-refractivity contribution >= 4 is 17.6 Å². The first-order chi connectivity index (χ1) is 8.22. The van der Waals surface area contributed by atoms with Gasteiger partial charge in [0.1, 0.15) is 11.4 Å². The van der Waals surface area contributed by atoms with Gasteiger partial charge in [-0.05, 0) is 30.3 Å². The van der Waals surface area contributed by atoms with Crippen LogP contribution in [0.3, 0.4) is 0 Å². The fourth-order valence-corrected chi connectivity index (χ4v) is 2.17. The number of pyridine rings is 1. The number of aryl methyl sites for hydroxylation is 1. The number of nitrogens with two attached hydrogens (primary N) is 1. The van der Waals surface area contributed by atoms with E-state index in [-0.39, 0.29) is 5.84 Å². The number of H-pyrrole nitrogens is 1. The lowest BCUT2D eigenvalue weighted by Gasteiger charge is -2.07. The number of aromatic nitrogens is 4. The van der Waals surface area contributed by atoms with E-state index >= 15 is 0 Å². The predicted octanol–water partition coefficient (Wildman–Crippen LogP) is 0.754. The van der Waals surface area contributed by atoms with Crippen LogP contribution in [0.15, 0.2) is 33.9 Å². The molecule has 0 amide bonds. The lowest BCUT2D eigenvalue weighted by molar-refractivity contribution is 0.318. The Bertz CT molecular complexity index is 538. The zero-order valence-corrected chi connectivity index (χ0v) is 9.77. The van der Waals surface area contributed by atoms with Crippen molar-refractivity contribution in [3.8, 4) is 0 Å². The highest BCUT2D eigenvalue weighted by Crippen LogP contribution is 2.26. The third-order valence-electron chi connectivity index (χ3n) is 2.07. The predicted molar refractivity (Wildman–Crippen MR) is 62.0 cm³/mol. The monoisotopic (exact) mass is 250 g/mol. The van der Waals surface area contributed by atoms with Gasteiger partial charge in [0.15, 0.2) is 11.0 Å². The third-order valence-corrected chi connectivity index (χ3v) is 2.97. The number of aromatic amines is 1. The van der Waals surface area contributed by atoms with E-state index in [1.807, 2.05) is 6.92 Å². The molecule has 0 fully saturated rings. The molecule has 0 radical (unpaired) electrons. The maximum Gasteiger partial charge on any atom is 0.189 e. The Morgan fingerprint density at radius 2 is 2.35 bits per heavy atom. The molecule has 17 heavy (non-hydrogen) atoms. The number of nitrogens with one attached hydrogen (secondary N) is 1. The fourth-order valence-electron chi connectivity index (χ4n) is 1.31. The summed E-state index contributed by atoms with van der Waals surface area (Å²) in [5.74, 6) is 0.0256. The van der Waals surface area contributed by atoms with Crippen LogP contribution in [0, 0.1) is 6.92 Å². The Kier molecular flexibility index (Phi) is 3.24. The SMILES string of the molecule is Cc1ccnc(Sc2ncn[nH]2)c1/C(N)=N/O. The molecule has 0 unspecified atom stereocenters. The Morgan fingerprint density at radius 1 is 1.53 bits per heavy atom. The minimum absolute atomic E-state index is 0.0256. The largest absolute Gasteiger partial charge is 0.409 e. The Balaban J connectivity index is 2.43. The van der Waals surface area contributed by atoms with Gasteiger partial charge in [0, 0.05) is 6.20 Å². The summed E-state index contributed by atoms with van der Waals surface area (Å²) < 4.78 is 0. The molecule has 0 aliphatic heterocycles. The molecule has 0 saturated heterocycles. The van der Waals surface area contributed by atoms with Crippen molar-refractivity contribution in [1.29, 1.82) is 0 Å². The molecule has 2 aromatic heterocycles. The van der Waals surface area contributed by atoms with Gasteiger partial charge in [-0.2, -0.15) is 5.10 Å². The molecule has 8 heteroatoms. The average molecular weight is 250 g/mol. The van der Waals surface area contributed by atoms with Gasteiger partial charge >= 0.3 is 0 Å². The van der Waals surface area contributed by atoms with Crippen LogP contribution in [0.1, 0.15) is 11.1 Å². The fraction of sp³-hybridized carbons (Fsp3) is 0.111. The van der Waals surface area contributed by atoms with E-state index in [0.29, 0.717) is 15.7 Å². The number of hydrogen-bond acceptors (Lipinski definition) is 6. The van der Waals surface area contributed by atoms with E-state index in [2.05, 4.69) is 25.3 Å². The summed E-state index contributed by atoms with van der Waals surface area (Å²) in [6.07, 6.45) is 3.06. The van der Waals surface area contributed by atoms with Gasteiger partial charge in [0.05, 0.1) is 5.56 Å².